The lowest BCUT2D eigenvalue weighted by Gasteiger charge is -2.37. The Balaban J connectivity index is 1.94. The van der Waals surface area contributed by atoms with E-state index < -0.39 is 0 Å². The summed E-state index contributed by atoms with van der Waals surface area (Å²) in [5, 5.41) is 17.7. The summed E-state index contributed by atoms with van der Waals surface area (Å²) < 4.78 is 5.41. The van der Waals surface area contributed by atoms with Crippen molar-refractivity contribution in [1.29, 1.82) is 5.41 Å². The average Bonchev–Trinajstić information content (AvgIpc) is 3.00. The Morgan fingerprint density at radius 2 is 1.73 bits per heavy atom. The summed E-state index contributed by atoms with van der Waals surface area (Å²) in [5.41, 5.74) is 0.0407. The predicted octanol–water partition coefficient (Wildman–Crippen LogP) is 0.708. The molecule has 2 N–H and O–H groups in total. The number of amidine groups is 1. The molecule has 1 atom stereocenters. The van der Waals surface area contributed by atoms with Gasteiger partial charge in [0.2, 0.25) is 0 Å². The first-order chi connectivity index (χ1) is 10.4. The number of hydrogen-bond acceptors (Lipinski definition) is 5. The number of aliphatic hydroxyl groups is 1. The van der Waals surface area contributed by atoms with E-state index in [9.17, 15) is 14.7 Å². The van der Waals surface area contributed by atoms with Gasteiger partial charge in [0.25, 0.3) is 5.91 Å². The van der Waals surface area contributed by atoms with Crippen molar-refractivity contribution in [2.75, 3.05) is 32.8 Å². The summed E-state index contributed by atoms with van der Waals surface area (Å²) in [7, 11) is 0. The molecule has 7 heteroatoms. The summed E-state index contributed by atoms with van der Waals surface area (Å²) >= 11 is 0. The SMILES string of the molecule is CC(=O)/C(C(=N)N1CCN(C(=O)C2CCCO2)CC1)=C(\C)O. The summed E-state index contributed by atoms with van der Waals surface area (Å²) in [4.78, 5) is 27.3. The third kappa shape index (κ3) is 3.47. The molecular formula is C15H23N3O4. The Bertz CT molecular complexity index is 497. The second kappa shape index (κ2) is 6.91. The fourth-order valence-corrected chi connectivity index (χ4v) is 2.88. The van der Waals surface area contributed by atoms with Crippen molar-refractivity contribution in [3.63, 3.8) is 0 Å². The van der Waals surface area contributed by atoms with Crippen molar-refractivity contribution in [3.8, 4) is 0 Å². The lowest BCUT2D eigenvalue weighted by Crippen LogP contribution is -2.53. The van der Waals surface area contributed by atoms with Crippen molar-refractivity contribution < 1.29 is 19.4 Å². The van der Waals surface area contributed by atoms with E-state index in [1.165, 1.54) is 13.8 Å². The maximum Gasteiger partial charge on any atom is 0.251 e. The number of ether oxygens (including phenoxy) is 1. The van der Waals surface area contributed by atoms with Gasteiger partial charge in [-0.1, -0.05) is 0 Å². The molecule has 1 unspecified atom stereocenters. The van der Waals surface area contributed by atoms with E-state index in [4.69, 9.17) is 10.1 Å². The van der Waals surface area contributed by atoms with Crippen LogP contribution in [0.2, 0.25) is 0 Å². The number of carbonyl (C=O) groups excluding carboxylic acids is 2. The molecule has 2 aliphatic heterocycles. The van der Waals surface area contributed by atoms with Crippen LogP contribution in [-0.4, -0.2) is 71.3 Å². The van der Waals surface area contributed by atoms with E-state index in [-0.39, 0.29) is 35.0 Å². The maximum absolute atomic E-state index is 12.3. The van der Waals surface area contributed by atoms with Crippen molar-refractivity contribution in [2.24, 2.45) is 0 Å². The van der Waals surface area contributed by atoms with Crippen LogP contribution in [0.1, 0.15) is 26.7 Å². The fourth-order valence-electron chi connectivity index (χ4n) is 2.88. The summed E-state index contributed by atoms with van der Waals surface area (Å²) in [6.07, 6.45) is 1.37. The highest BCUT2D eigenvalue weighted by atomic mass is 16.5. The molecule has 0 bridgehead atoms. The van der Waals surface area contributed by atoms with E-state index >= 15 is 0 Å². The fraction of sp³-hybridized carbons (Fsp3) is 0.667. The zero-order valence-electron chi connectivity index (χ0n) is 13.1. The highest BCUT2D eigenvalue weighted by molar-refractivity contribution is 6.19. The van der Waals surface area contributed by atoms with Crippen molar-refractivity contribution in [1.82, 2.24) is 9.80 Å². The van der Waals surface area contributed by atoms with Gasteiger partial charge in [-0.3, -0.25) is 15.0 Å². The monoisotopic (exact) mass is 309 g/mol. The number of aliphatic hydroxyl groups excluding tert-OH is 1. The van der Waals surface area contributed by atoms with Crippen LogP contribution in [0.25, 0.3) is 0 Å². The van der Waals surface area contributed by atoms with E-state index in [0.29, 0.717) is 32.8 Å². The standard InChI is InChI=1S/C15H23N3O4/c1-10(19)13(11(2)20)14(16)17-5-7-18(8-6-17)15(21)12-4-3-9-22-12/h12,16,19H,3-9H2,1-2H3/b13-10-,16-14?. The molecule has 2 fully saturated rings. The van der Waals surface area contributed by atoms with Crippen molar-refractivity contribution >= 4 is 17.5 Å². The van der Waals surface area contributed by atoms with E-state index in [1.807, 2.05) is 0 Å². The molecule has 122 valence electrons. The minimum absolute atomic E-state index is 0.0179. The van der Waals surface area contributed by atoms with E-state index in [1.54, 1.807) is 9.80 Å². The first kappa shape index (κ1) is 16.5. The van der Waals surface area contributed by atoms with Gasteiger partial charge < -0.3 is 19.6 Å². The topological polar surface area (TPSA) is 93.9 Å². The largest absolute Gasteiger partial charge is 0.512 e. The predicted molar refractivity (Wildman–Crippen MR) is 80.9 cm³/mol. The van der Waals surface area contributed by atoms with Crippen LogP contribution in [0, 0.1) is 5.41 Å². The lowest BCUT2D eigenvalue weighted by atomic mass is 10.1. The second-order valence-electron chi connectivity index (χ2n) is 5.68. The van der Waals surface area contributed by atoms with Crippen LogP contribution in [0.4, 0.5) is 0 Å². The Kier molecular flexibility index (Phi) is 5.18. The number of piperazine rings is 1. The van der Waals surface area contributed by atoms with Crippen LogP contribution >= 0.6 is 0 Å². The number of hydrogen-bond donors (Lipinski definition) is 2. The molecule has 22 heavy (non-hydrogen) atoms. The molecule has 2 heterocycles. The zero-order chi connectivity index (χ0) is 16.3. The second-order valence-corrected chi connectivity index (χ2v) is 5.68. The number of nitrogens with one attached hydrogen (secondary N) is 1. The molecule has 0 saturated carbocycles. The van der Waals surface area contributed by atoms with Gasteiger partial charge >= 0.3 is 0 Å². The number of nitrogens with zero attached hydrogens (tertiary/aromatic N) is 2. The molecular weight excluding hydrogens is 286 g/mol. The van der Waals surface area contributed by atoms with Gasteiger partial charge in [-0.05, 0) is 26.7 Å². The van der Waals surface area contributed by atoms with Crippen LogP contribution in [0.5, 0.6) is 0 Å². The summed E-state index contributed by atoms with van der Waals surface area (Å²) in [5.74, 6) is -0.431. The van der Waals surface area contributed by atoms with Crippen LogP contribution < -0.4 is 0 Å². The number of Topliss-reactive ketones (excluding diaryl/α,β-unsaturated/α-hetero) is 1. The van der Waals surface area contributed by atoms with Gasteiger partial charge in [-0.25, -0.2) is 0 Å². The van der Waals surface area contributed by atoms with E-state index in [0.717, 1.165) is 12.8 Å². The molecule has 0 aromatic heterocycles. The molecule has 2 aliphatic rings. The first-order valence-electron chi connectivity index (χ1n) is 7.57. The molecule has 7 nitrogen and oxygen atoms in total. The summed E-state index contributed by atoms with van der Waals surface area (Å²) in [6.45, 7) is 5.32. The Labute approximate surface area is 130 Å². The van der Waals surface area contributed by atoms with Crippen molar-refractivity contribution in [2.45, 2.75) is 32.8 Å². The van der Waals surface area contributed by atoms with Gasteiger partial charge in [0.05, 0.1) is 5.57 Å². The quantitative estimate of drug-likeness (QED) is 0.346. The Morgan fingerprint density at radius 3 is 2.18 bits per heavy atom. The van der Waals surface area contributed by atoms with Gasteiger partial charge in [0.1, 0.15) is 17.7 Å². The van der Waals surface area contributed by atoms with Crippen LogP contribution in [-0.2, 0) is 14.3 Å². The third-order valence-corrected chi connectivity index (χ3v) is 4.06. The molecule has 0 aliphatic carbocycles. The third-order valence-electron chi connectivity index (χ3n) is 4.06. The lowest BCUT2D eigenvalue weighted by molar-refractivity contribution is -0.142. The highest BCUT2D eigenvalue weighted by Crippen LogP contribution is 2.17. The van der Waals surface area contributed by atoms with Crippen LogP contribution in [0.15, 0.2) is 11.3 Å². The highest BCUT2D eigenvalue weighted by Gasteiger charge is 2.31. The molecule has 0 spiro atoms. The number of amides is 1. The molecule has 1 amide bonds. The van der Waals surface area contributed by atoms with E-state index in [2.05, 4.69) is 0 Å². The average molecular weight is 309 g/mol. The van der Waals surface area contributed by atoms with Gasteiger partial charge in [-0.15, -0.1) is 0 Å². The molecule has 2 saturated heterocycles. The maximum atomic E-state index is 12.3. The number of carbonyl (C=O) groups is 2. The minimum atomic E-state index is -0.331. The minimum Gasteiger partial charge on any atom is -0.512 e. The molecule has 2 rings (SSSR count). The normalized spacial score (nSPS) is 23.3. The molecule has 0 aromatic carbocycles. The van der Waals surface area contributed by atoms with Crippen molar-refractivity contribution in [3.05, 3.63) is 11.3 Å². The Hall–Kier alpha value is -1.89. The van der Waals surface area contributed by atoms with Gasteiger partial charge in [0, 0.05) is 32.8 Å². The molecule has 0 aromatic rings. The number of allylic oxidation sites excluding steroid dienone is 1. The number of rotatable bonds is 3. The summed E-state index contributed by atoms with van der Waals surface area (Å²) in [6, 6.07) is 0. The first-order valence-corrected chi connectivity index (χ1v) is 7.57. The smallest absolute Gasteiger partial charge is 0.251 e. The molecule has 0 radical (unpaired) electrons. The zero-order valence-corrected chi connectivity index (χ0v) is 13.1. The Morgan fingerprint density at radius 1 is 1.14 bits per heavy atom. The number of ketones is 1. The van der Waals surface area contributed by atoms with Gasteiger partial charge in [-0.2, -0.15) is 0 Å². The van der Waals surface area contributed by atoms with Gasteiger partial charge in [0.15, 0.2) is 5.78 Å². The van der Waals surface area contributed by atoms with Crippen LogP contribution in [0.3, 0.4) is 0 Å².